The third-order valence-corrected chi connectivity index (χ3v) is 5.70. The van der Waals surface area contributed by atoms with Crippen LogP contribution in [0.3, 0.4) is 0 Å². The summed E-state index contributed by atoms with van der Waals surface area (Å²) in [5.41, 5.74) is 4.22. The predicted octanol–water partition coefficient (Wildman–Crippen LogP) is 3.20. The van der Waals surface area contributed by atoms with Crippen molar-refractivity contribution >= 4 is 17.6 Å². The zero-order valence-electron chi connectivity index (χ0n) is 17.1. The second-order valence-corrected chi connectivity index (χ2v) is 7.47. The Bertz CT molecular complexity index is 1090. The van der Waals surface area contributed by atoms with Gasteiger partial charge in [-0.15, -0.1) is 10.2 Å². The third-order valence-electron chi connectivity index (χ3n) is 5.70. The van der Waals surface area contributed by atoms with Crippen molar-refractivity contribution in [1.29, 1.82) is 0 Å². The second-order valence-electron chi connectivity index (χ2n) is 7.47. The number of hydrazine groups is 1. The maximum absolute atomic E-state index is 12.9. The van der Waals surface area contributed by atoms with E-state index in [2.05, 4.69) is 40.3 Å². The van der Waals surface area contributed by atoms with Crippen LogP contribution in [0.4, 0.5) is 11.6 Å². The van der Waals surface area contributed by atoms with Gasteiger partial charge in [0, 0.05) is 6.42 Å². The van der Waals surface area contributed by atoms with E-state index in [1.54, 1.807) is 13.4 Å². The molecule has 2 aliphatic heterocycles. The molecule has 0 radical (unpaired) electrons. The van der Waals surface area contributed by atoms with Gasteiger partial charge in [0.1, 0.15) is 12.1 Å². The summed E-state index contributed by atoms with van der Waals surface area (Å²) in [6, 6.07) is 13.7. The molecule has 2 aromatic carbocycles. The van der Waals surface area contributed by atoms with Gasteiger partial charge in [0.25, 0.3) is 5.95 Å². The molecule has 1 aromatic heterocycles. The molecule has 0 N–H and O–H groups in total. The van der Waals surface area contributed by atoms with Crippen LogP contribution in [0.15, 0.2) is 48.8 Å². The molecule has 0 amide bonds. The highest BCUT2D eigenvalue weighted by Gasteiger charge is 2.49. The van der Waals surface area contributed by atoms with E-state index in [-0.39, 0.29) is 12.0 Å². The number of benzene rings is 2. The fourth-order valence-electron chi connectivity index (χ4n) is 4.34. The van der Waals surface area contributed by atoms with E-state index in [4.69, 9.17) is 9.47 Å². The van der Waals surface area contributed by atoms with Crippen molar-refractivity contribution in [2.24, 2.45) is 0 Å². The molecule has 0 spiro atoms. The molecular formula is C22H23N5O3. The van der Waals surface area contributed by atoms with E-state index in [1.165, 1.54) is 0 Å². The summed E-state index contributed by atoms with van der Waals surface area (Å²) in [5.74, 6) is 1.15. The normalized spacial score (nSPS) is 19.2. The highest BCUT2D eigenvalue weighted by molar-refractivity contribution is 5.85. The quantitative estimate of drug-likeness (QED) is 0.617. The van der Waals surface area contributed by atoms with Crippen LogP contribution in [0.25, 0.3) is 5.69 Å². The fourth-order valence-corrected chi connectivity index (χ4v) is 4.34. The standard InChI is InChI=1S/C22H23N5O3/c1-4-30-21(28)20-12-18(15-6-8-16(29-3)9-7-15)26-19-11-14(2)5-10-17(19)25-13-23-24-22(25)27(20)26/h5-11,13,18,20H,4,12H2,1-3H3/t18-,20-/m1/s1. The number of esters is 1. The highest BCUT2D eigenvalue weighted by Crippen LogP contribution is 2.48. The van der Waals surface area contributed by atoms with Crippen LogP contribution >= 0.6 is 0 Å². The summed E-state index contributed by atoms with van der Waals surface area (Å²) in [6.07, 6.45) is 2.26. The number of aromatic nitrogens is 3. The third kappa shape index (κ3) is 2.71. The molecule has 154 valence electrons. The van der Waals surface area contributed by atoms with E-state index in [1.807, 2.05) is 40.8 Å². The molecule has 3 heterocycles. The number of fused-ring (bicyclic) bond motifs is 6. The molecule has 30 heavy (non-hydrogen) atoms. The minimum atomic E-state index is -0.492. The summed E-state index contributed by atoms with van der Waals surface area (Å²) >= 11 is 0. The van der Waals surface area contributed by atoms with Crippen LogP contribution in [0.5, 0.6) is 5.75 Å². The molecule has 0 saturated carbocycles. The van der Waals surface area contributed by atoms with E-state index in [0.29, 0.717) is 19.0 Å². The number of ether oxygens (including phenoxy) is 2. The number of carbonyl (C=O) groups excluding carboxylic acids is 1. The molecule has 0 bridgehead atoms. The summed E-state index contributed by atoms with van der Waals surface area (Å²) in [4.78, 5) is 12.9. The summed E-state index contributed by atoms with van der Waals surface area (Å²) in [6.45, 7) is 4.22. The lowest BCUT2D eigenvalue weighted by molar-refractivity contribution is -0.144. The van der Waals surface area contributed by atoms with Gasteiger partial charge in [-0.25, -0.2) is 9.80 Å². The van der Waals surface area contributed by atoms with Gasteiger partial charge in [-0.1, -0.05) is 18.2 Å². The van der Waals surface area contributed by atoms with Gasteiger partial charge in [0.2, 0.25) is 0 Å². The Kier molecular flexibility index (Phi) is 4.34. The van der Waals surface area contributed by atoms with E-state index in [9.17, 15) is 4.79 Å². The Morgan fingerprint density at radius 1 is 1.13 bits per heavy atom. The maximum atomic E-state index is 12.9. The van der Waals surface area contributed by atoms with E-state index < -0.39 is 6.04 Å². The van der Waals surface area contributed by atoms with Gasteiger partial charge < -0.3 is 9.47 Å². The molecule has 8 heteroatoms. The number of methoxy groups -OCH3 is 1. The van der Waals surface area contributed by atoms with Gasteiger partial charge in [-0.3, -0.25) is 9.58 Å². The highest BCUT2D eigenvalue weighted by atomic mass is 16.5. The van der Waals surface area contributed by atoms with Crippen molar-refractivity contribution in [2.75, 3.05) is 23.7 Å². The number of anilines is 2. The number of carbonyl (C=O) groups is 1. The topological polar surface area (TPSA) is 72.7 Å². The number of hydrogen-bond acceptors (Lipinski definition) is 7. The Hall–Kier alpha value is -3.55. The Balaban J connectivity index is 1.68. The average molecular weight is 405 g/mol. The van der Waals surface area contributed by atoms with Crippen LogP contribution in [0.2, 0.25) is 0 Å². The molecule has 3 aromatic rings. The molecule has 8 nitrogen and oxygen atoms in total. The SMILES string of the molecule is CCOC(=O)[C@H]1C[C@H](c2ccc(OC)cc2)N2c3cc(C)ccc3-n3cnnc3N12. The zero-order valence-corrected chi connectivity index (χ0v) is 17.1. The van der Waals surface area contributed by atoms with Crippen molar-refractivity contribution in [3.8, 4) is 11.4 Å². The fraction of sp³-hybridized carbons (Fsp3) is 0.318. The lowest BCUT2D eigenvalue weighted by Gasteiger charge is -2.40. The van der Waals surface area contributed by atoms with Crippen LogP contribution < -0.4 is 14.8 Å². The monoisotopic (exact) mass is 405 g/mol. The minimum absolute atomic E-state index is 0.0590. The van der Waals surface area contributed by atoms with Gasteiger partial charge in [0.05, 0.1) is 31.1 Å². The summed E-state index contributed by atoms with van der Waals surface area (Å²) in [5, 5.41) is 12.6. The van der Waals surface area contributed by atoms with Crippen molar-refractivity contribution in [3.63, 3.8) is 0 Å². The Labute approximate surface area is 174 Å². The first kappa shape index (κ1) is 18.5. The Morgan fingerprint density at radius 2 is 1.93 bits per heavy atom. The predicted molar refractivity (Wildman–Crippen MR) is 112 cm³/mol. The van der Waals surface area contributed by atoms with Gasteiger partial charge in [-0.05, 0) is 49.2 Å². The molecular weight excluding hydrogens is 382 g/mol. The second kappa shape index (κ2) is 7.05. The molecule has 2 aliphatic rings. The van der Waals surface area contributed by atoms with Crippen molar-refractivity contribution in [2.45, 2.75) is 32.4 Å². The van der Waals surface area contributed by atoms with E-state index >= 15 is 0 Å². The summed E-state index contributed by atoms with van der Waals surface area (Å²) < 4.78 is 12.7. The molecule has 5 rings (SSSR count). The minimum Gasteiger partial charge on any atom is -0.497 e. The summed E-state index contributed by atoms with van der Waals surface area (Å²) in [7, 11) is 1.65. The van der Waals surface area contributed by atoms with Crippen molar-refractivity contribution in [3.05, 3.63) is 59.9 Å². The van der Waals surface area contributed by atoms with Crippen molar-refractivity contribution < 1.29 is 14.3 Å². The lowest BCUT2D eigenvalue weighted by atomic mass is 10.0. The van der Waals surface area contributed by atoms with Gasteiger partial charge in [0.15, 0.2) is 6.04 Å². The number of rotatable bonds is 4. The maximum Gasteiger partial charge on any atom is 0.331 e. The smallest absolute Gasteiger partial charge is 0.331 e. The number of hydrogen-bond donors (Lipinski definition) is 0. The molecule has 1 saturated heterocycles. The van der Waals surface area contributed by atoms with Crippen LogP contribution in [-0.2, 0) is 9.53 Å². The Morgan fingerprint density at radius 3 is 2.67 bits per heavy atom. The van der Waals surface area contributed by atoms with Crippen LogP contribution in [-0.4, -0.2) is 40.5 Å². The molecule has 0 unspecified atom stereocenters. The van der Waals surface area contributed by atoms with Gasteiger partial charge >= 0.3 is 5.97 Å². The average Bonchev–Trinajstić information content (AvgIpc) is 3.39. The molecule has 2 atom stereocenters. The van der Waals surface area contributed by atoms with Crippen LogP contribution in [0, 0.1) is 6.92 Å². The van der Waals surface area contributed by atoms with Crippen LogP contribution in [0.1, 0.15) is 30.5 Å². The van der Waals surface area contributed by atoms with Crippen molar-refractivity contribution in [1.82, 2.24) is 14.8 Å². The van der Waals surface area contributed by atoms with Gasteiger partial charge in [-0.2, -0.15) is 0 Å². The molecule has 1 fully saturated rings. The largest absolute Gasteiger partial charge is 0.497 e. The first-order valence-corrected chi connectivity index (χ1v) is 10.0. The number of aryl methyl sites for hydroxylation is 1. The zero-order chi connectivity index (χ0) is 20.8. The lowest BCUT2D eigenvalue weighted by Crippen LogP contribution is -2.49. The molecule has 0 aliphatic carbocycles. The first-order chi connectivity index (χ1) is 14.6. The first-order valence-electron chi connectivity index (χ1n) is 10.0. The van der Waals surface area contributed by atoms with E-state index in [0.717, 1.165) is 28.3 Å². The number of nitrogens with zero attached hydrogens (tertiary/aromatic N) is 5.